The largest absolute Gasteiger partial charge is 0.338 e. The number of aromatic nitrogens is 2. The maximum atomic E-state index is 5.71. The lowest BCUT2D eigenvalue weighted by Gasteiger charge is -2.21. The highest BCUT2D eigenvalue weighted by Crippen LogP contribution is 2.24. The summed E-state index contributed by atoms with van der Waals surface area (Å²) in [5.41, 5.74) is 5.57. The summed E-state index contributed by atoms with van der Waals surface area (Å²) < 4.78 is 2.02. The molecule has 0 saturated heterocycles. The first-order valence-electron chi connectivity index (χ1n) is 6.94. The zero-order valence-electron chi connectivity index (χ0n) is 12.7. The quantitative estimate of drug-likeness (QED) is 0.664. The number of aryl methyl sites for hydroxylation is 1. The number of hydrazine groups is 1. The standard InChI is InChI=1S/C16H24N4/c1-16(2,3)13-7-5-12(6-8-13)14(19-17)11-15-18-9-10-20(15)4/h5-10,14,19H,11,17H2,1-4H3. The topological polar surface area (TPSA) is 55.9 Å². The number of rotatable bonds is 4. The lowest BCUT2D eigenvalue weighted by Crippen LogP contribution is -2.30. The Hall–Kier alpha value is -1.65. The van der Waals surface area contributed by atoms with Gasteiger partial charge in [-0.15, -0.1) is 0 Å². The van der Waals surface area contributed by atoms with Crippen molar-refractivity contribution in [3.05, 3.63) is 53.6 Å². The minimum Gasteiger partial charge on any atom is -0.338 e. The molecule has 1 heterocycles. The highest BCUT2D eigenvalue weighted by molar-refractivity contribution is 5.29. The van der Waals surface area contributed by atoms with Gasteiger partial charge in [-0.3, -0.25) is 11.3 Å². The molecule has 0 amide bonds. The average molecular weight is 272 g/mol. The fourth-order valence-electron chi connectivity index (χ4n) is 2.26. The van der Waals surface area contributed by atoms with Crippen LogP contribution in [0.1, 0.15) is 43.8 Å². The summed E-state index contributed by atoms with van der Waals surface area (Å²) in [6, 6.07) is 8.73. The molecule has 0 aliphatic heterocycles. The smallest absolute Gasteiger partial charge is 0.110 e. The molecule has 2 aromatic rings. The molecule has 0 bridgehead atoms. The van der Waals surface area contributed by atoms with E-state index in [4.69, 9.17) is 5.84 Å². The lowest BCUT2D eigenvalue weighted by molar-refractivity contribution is 0.529. The van der Waals surface area contributed by atoms with E-state index >= 15 is 0 Å². The molecule has 20 heavy (non-hydrogen) atoms. The second-order valence-electron chi connectivity index (χ2n) is 6.25. The number of nitrogens with zero attached hydrogens (tertiary/aromatic N) is 2. The minimum atomic E-state index is 0.0742. The van der Waals surface area contributed by atoms with Gasteiger partial charge in [0.15, 0.2) is 0 Å². The van der Waals surface area contributed by atoms with Crippen molar-refractivity contribution in [3.8, 4) is 0 Å². The third-order valence-corrected chi connectivity index (χ3v) is 3.69. The molecule has 4 heteroatoms. The van der Waals surface area contributed by atoms with Crippen LogP contribution in [-0.2, 0) is 18.9 Å². The van der Waals surface area contributed by atoms with Crippen LogP contribution >= 0.6 is 0 Å². The Bertz CT molecular complexity index is 549. The van der Waals surface area contributed by atoms with Crippen LogP contribution in [0.5, 0.6) is 0 Å². The Balaban J connectivity index is 2.18. The zero-order chi connectivity index (χ0) is 14.8. The molecular weight excluding hydrogens is 248 g/mol. The van der Waals surface area contributed by atoms with Crippen molar-refractivity contribution in [2.45, 2.75) is 38.6 Å². The number of nitrogens with two attached hydrogens (primary N) is 1. The van der Waals surface area contributed by atoms with Crippen molar-refractivity contribution in [1.29, 1.82) is 0 Å². The van der Waals surface area contributed by atoms with Gasteiger partial charge in [0.05, 0.1) is 6.04 Å². The van der Waals surface area contributed by atoms with Gasteiger partial charge < -0.3 is 4.57 Å². The molecule has 1 atom stereocenters. The number of imidazole rings is 1. The van der Waals surface area contributed by atoms with E-state index in [-0.39, 0.29) is 11.5 Å². The highest BCUT2D eigenvalue weighted by Gasteiger charge is 2.16. The molecule has 0 aliphatic carbocycles. The number of benzene rings is 1. The second kappa shape index (κ2) is 5.77. The molecule has 1 aromatic carbocycles. The van der Waals surface area contributed by atoms with Gasteiger partial charge in [-0.2, -0.15) is 0 Å². The maximum Gasteiger partial charge on any atom is 0.110 e. The van der Waals surface area contributed by atoms with E-state index in [1.165, 1.54) is 11.1 Å². The first-order valence-corrected chi connectivity index (χ1v) is 6.94. The van der Waals surface area contributed by atoms with E-state index < -0.39 is 0 Å². The molecular formula is C16H24N4. The van der Waals surface area contributed by atoms with Gasteiger partial charge in [0.1, 0.15) is 5.82 Å². The number of nitrogens with one attached hydrogen (secondary N) is 1. The summed E-state index contributed by atoms with van der Waals surface area (Å²) >= 11 is 0. The lowest BCUT2D eigenvalue weighted by atomic mass is 9.86. The molecule has 1 unspecified atom stereocenters. The molecule has 108 valence electrons. The van der Waals surface area contributed by atoms with Crippen molar-refractivity contribution >= 4 is 0 Å². The first kappa shape index (κ1) is 14.8. The SMILES string of the molecule is Cn1ccnc1CC(NN)c1ccc(C(C)(C)C)cc1. The maximum absolute atomic E-state index is 5.71. The summed E-state index contributed by atoms with van der Waals surface area (Å²) in [4.78, 5) is 4.35. The van der Waals surface area contributed by atoms with Crippen LogP contribution in [0.2, 0.25) is 0 Å². The van der Waals surface area contributed by atoms with Gasteiger partial charge in [0.25, 0.3) is 0 Å². The molecule has 0 aliphatic rings. The Morgan fingerprint density at radius 3 is 2.35 bits per heavy atom. The summed E-state index contributed by atoms with van der Waals surface area (Å²) in [6.45, 7) is 6.65. The van der Waals surface area contributed by atoms with Crippen LogP contribution in [0.3, 0.4) is 0 Å². The highest BCUT2D eigenvalue weighted by atomic mass is 15.2. The second-order valence-corrected chi connectivity index (χ2v) is 6.25. The van der Waals surface area contributed by atoms with Gasteiger partial charge in [0.2, 0.25) is 0 Å². The normalized spacial score (nSPS) is 13.4. The third kappa shape index (κ3) is 3.26. The predicted octanol–water partition coefficient (Wildman–Crippen LogP) is 2.46. The fourth-order valence-corrected chi connectivity index (χ4v) is 2.26. The third-order valence-electron chi connectivity index (χ3n) is 3.69. The molecule has 0 radical (unpaired) electrons. The summed E-state index contributed by atoms with van der Waals surface area (Å²) in [5, 5.41) is 0. The first-order chi connectivity index (χ1) is 9.41. The Morgan fingerprint density at radius 2 is 1.90 bits per heavy atom. The van der Waals surface area contributed by atoms with Crippen LogP contribution in [0.4, 0.5) is 0 Å². The van der Waals surface area contributed by atoms with E-state index in [0.29, 0.717) is 0 Å². The zero-order valence-corrected chi connectivity index (χ0v) is 12.7. The van der Waals surface area contributed by atoms with Crippen LogP contribution in [0, 0.1) is 0 Å². The molecule has 3 N–H and O–H groups in total. The monoisotopic (exact) mass is 272 g/mol. The molecule has 0 saturated carbocycles. The van der Waals surface area contributed by atoms with Gasteiger partial charge in [0, 0.05) is 25.9 Å². The van der Waals surface area contributed by atoms with Crippen LogP contribution in [0.15, 0.2) is 36.7 Å². The fraction of sp³-hybridized carbons (Fsp3) is 0.438. The Kier molecular flexibility index (Phi) is 4.26. The van der Waals surface area contributed by atoms with Gasteiger partial charge in [-0.1, -0.05) is 45.0 Å². The van der Waals surface area contributed by atoms with E-state index in [9.17, 15) is 0 Å². The number of hydrogen-bond acceptors (Lipinski definition) is 3. The number of hydrogen-bond donors (Lipinski definition) is 2. The van der Waals surface area contributed by atoms with E-state index in [0.717, 1.165) is 12.2 Å². The molecule has 0 fully saturated rings. The summed E-state index contributed by atoms with van der Waals surface area (Å²) in [6.07, 6.45) is 4.53. The molecule has 2 rings (SSSR count). The Labute approximate surface area is 121 Å². The van der Waals surface area contributed by atoms with Crippen molar-refractivity contribution < 1.29 is 0 Å². The van der Waals surface area contributed by atoms with Crippen molar-refractivity contribution in [3.63, 3.8) is 0 Å². The van der Waals surface area contributed by atoms with Crippen molar-refractivity contribution in [1.82, 2.24) is 15.0 Å². The summed E-state index contributed by atoms with van der Waals surface area (Å²) in [5.74, 6) is 6.73. The van der Waals surface area contributed by atoms with Crippen LogP contribution < -0.4 is 11.3 Å². The molecule has 0 spiro atoms. The van der Waals surface area contributed by atoms with Crippen LogP contribution in [0.25, 0.3) is 0 Å². The predicted molar refractivity (Wildman–Crippen MR) is 82.1 cm³/mol. The van der Waals surface area contributed by atoms with Gasteiger partial charge in [-0.05, 0) is 16.5 Å². The van der Waals surface area contributed by atoms with Crippen LogP contribution in [-0.4, -0.2) is 9.55 Å². The Morgan fingerprint density at radius 1 is 1.25 bits per heavy atom. The van der Waals surface area contributed by atoms with Gasteiger partial charge in [-0.25, -0.2) is 4.98 Å². The van der Waals surface area contributed by atoms with E-state index in [1.54, 1.807) is 0 Å². The van der Waals surface area contributed by atoms with Crippen molar-refractivity contribution in [2.24, 2.45) is 12.9 Å². The van der Waals surface area contributed by atoms with E-state index in [2.05, 4.69) is 55.4 Å². The molecule has 1 aromatic heterocycles. The molecule has 4 nitrogen and oxygen atoms in total. The summed E-state index contributed by atoms with van der Waals surface area (Å²) in [7, 11) is 2.00. The van der Waals surface area contributed by atoms with E-state index in [1.807, 2.05) is 24.0 Å². The average Bonchev–Trinajstić information content (AvgIpc) is 2.80. The minimum absolute atomic E-state index is 0.0742. The van der Waals surface area contributed by atoms with Gasteiger partial charge >= 0.3 is 0 Å². The van der Waals surface area contributed by atoms with Crippen molar-refractivity contribution in [2.75, 3.05) is 0 Å².